The summed E-state index contributed by atoms with van der Waals surface area (Å²) in [5.41, 5.74) is 3.54. The van der Waals surface area contributed by atoms with Crippen molar-refractivity contribution in [1.29, 1.82) is 0 Å². The Morgan fingerprint density at radius 2 is 1.12 bits per heavy atom. The minimum atomic E-state index is -0.313. The maximum absolute atomic E-state index is 11.4. The first kappa shape index (κ1) is 16.0. The van der Waals surface area contributed by atoms with E-state index in [1.54, 1.807) is 6.07 Å². The fraction of sp³-hybridized carbons (Fsp3) is 0.0435. The molecule has 26 heavy (non-hydrogen) atoms. The Kier molecular flexibility index (Phi) is 4.20. The summed E-state index contributed by atoms with van der Waals surface area (Å²) in [5, 5.41) is 13.0. The molecule has 4 rings (SSSR count). The lowest BCUT2D eigenvalue weighted by Crippen LogP contribution is -2.04. The van der Waals surface area contributed by atoms with Crippen LogP contribution in [0.25, 0.3) is 10.8 Å². The van der Waals surface area contributed by atoms with Gasteiger partial charge in [-0.25, -0.2) is 0 Å². The summed E-state index contributed by atoms with van der Waals surface area (Å²) in [4.78, 5) is 11.1. The Balaban J connectivity index is 2.01. The minimum absolute atomic E-state index is 0.0168. The van der Waals surface area contributed by atoms with Gasteiger partial charge in [0.05, 0.1) is 10.3 Å². The lowest BCUT2D eigenvalue weighted by atomic mass is 9.82. The number of nitro groups is 1. The van der Waals surface area contributed by atoms with E-state index in [-0.39, 0.29) is 16.5 Å². The Morgan fingerprint density at radius 3 is 1.65 bits per heavy atom. The number of benzene rings is 4. The lowest BCUT2D eigenvalue weighted by Gasteiger charge is -2.20. The maximum Gasteiger partial charge on any atom is 0.277 e. The zero-order chi connectivity index (χ0) is 17.9. The van der Waals surface area contributed by atoms with Gasteiger partial charge in [0.25, 0.3) is 5.69 Å². The van der Waals surface area contributed by atoms with Gasteiger partial charge in [0.1, 0.15) is 0 Å². The summed E-state index contributed by atoms with van der Waals surface area (Å²) in [6.07, 6.45) is 0. The number of fused-ring (bicyclic) bond motifs is 1. The van der Waals surface area contributed by atoms with E-state index in [1.807, 2.05) is 66.7 Å². The zero-order valence-corrected chi connectivity index (χ0v) is 14.1. The van der Waals surface area contributed by atoms with Gasteiger partial charge in [-0.15, -0.1) is 0 Å². The van der Waals surface area contributed by atoms with E-state index < -0.39 is 0 Å². The highest BCUT2D eigenvalue weighted by atomic mass is 16.6. The molecule has 0 unspecified atom stereocenters. The number of non-ortho nitro benzene ring substituents is 1. The molecule has 0 spiro atoms. The van der Waals surface area contributed by atoms with E-state index in [0.29, 0.717) is 5.39 Å². The van der Waals surface area contributed by atoms with Crippen LogP contribution in [-0.4, -0.2) is 4.92 Å². The Labute approximate surface area is 151 Å². The molecule has 0 amide bonds. The smallest absolute Gasteiger partial charge is 0.258 e. The van der Waals surface area contributed by atoms with Crippen LogP contribution >= 0.6 is 0 Å². The average Bonchev–Trinajstić information content (AvgIpc) is 2.70. The highest BCUT2D eigenvalue weighted by Crippen LogP contribution is 2.38. The number of hydrogen-bond donors (Lipinski definition) is 0. The summed E-state index contributed by atoms with van der Waals surface area (Å²) in [6, 6.07) is 31.6. The highest BCUT2D eigenvalue weighted by Gasteiger charge is 2.22. The molecule has 3 nitrogen and oxygen atoms in total. The van der Waals surface area contributed by atoms with Gasteiger partial charge >= 0.3 is 0 Å². The molecule has 0 atom stereocenters. The summed E-state index contributed by atoms with van der Waals surface area (Å²) in [7, 11) is 0. The number of nitro benzene ring substituents is 1. The molecular formula is C23H17NO2. The second-order valence-corrected chi connectivity index (χ2v) is 6.23. The van der Waals surface area contributed by atoms with Crippen LogP contribution in [0.2, 0.25) is 0 Å². The number of nitrogens with zero attached hydrogens (tertiary/aromatic N) is 1. The molecule has 0 aliphatic rings. The van der Waals surface area contributed by atoms with Crippen LogP contribution in [0.5, 0.6) is 0 Å². The van der Waals surface area contributed by atoms with Crippen molar-refractivity contribution < 1.29 is 4.92 Å². The molecule has 0 aliphatic heterocycles. The highest BCUT2D eigenvalue weighted by molar-refractivity contribution is 5.94. The second kappa shape index (κ2) is 6.81. The van der Waals surface area contributed by atoms with E-state index in [1.165, 1.54) is 0 Å². The van der Waals surface area contributed by atoms with Crippen molar-refractivity contribution in [2.45, 2.75) is 5.92 Å². The standard InChI is InChI=1S/C23H17NO2/c25-24(26)22-16-15-21(19-13-7-8-14-20(19)22)23(17-9-3-1-4-10-17)18-11-5-2-6-12-18/h1-16,23H. The van der Waals surface area contributed by atoms with Crippen LogP contribution in [0.15, 0.2) is 97.1 Å². The quantitative estimate of drug-likeness (QED) is 0.263. The molecule has 0 heterocycles. The van der Waals surface area contributed by atoms with Crippen LogP contribution in [0, 0.1) is 10.1 Å². The first-order valence-electron chi connectivity index (χ1n) is 8.51. The van der Waals surface area contributed by atoms with E-state index in [4.69, 9.17) is 0 Å². The largest absolute Gasteiger partial charge is 0.277 e. The van der Waals surface area contributed by atoms with Crippen molar-refractivity contribution in [3.05, 3.63) is 124 Å². The van der Waals surface area contributed by atoms with Crippen molar-refractivity contribution in [1.82, 2.24) is 0 Å². The van der Waals surface area contributed by atoms with E-state index in [2.05, 4.69) is 24.3 Å². The van der Waals surface area contributed by atoms with Gasteiger partial charge in [0, 0.05) is 12.0 Å². The first-order chi connectivity index (χ1) is 12.8. The molecule has 0 N–H and O–H groups in total. The molecular weight excluding hydrogens is 322 g/mol. The average molecular weight is 339 g/mol. The van der Waals surface area contributed by atoms with E-state index >= 15 is 0 Å². The first-order valence-corrected chi connectivity index (χ1v) is 8.51. The molecule has 0 aromatic heterocycles. The summed E-state index contributed by atoms with van der Waals surface area (Å²) >= 11 is 0. The van der Waals surface area contributed by atoms with E-state index in [0.717, 1.165) is 22.1 Å². The molecule has 3 heteroatoms. The summed E-state index contributed by atoms with van der Waals surface area (Å²) < 4.78 is 0. The van der Waals surface area contributed by atoms with Crippen molar-refractivity contribution in [3.63, 3.8) is 0 Å². The Morgan fingerprint density at radius 1 is 0.615 bits per heavy atom. The van der Waals surface area contributed by atoms with Gasteiger partial charge in [0.15, 0.2) is 0 Å². The molecule has 4 aromatic rings. The van der Waals surface area contributed by atoms with Crippen LogP contribution in [0.3, 0.4) is 0 Å². The summed E-state index contributed by atoms with van der Waals surface area (Å²) in [5.74, 6) is 0.0168. The van der Waals surface area contributed by atoms with Crippen molar-refractivity contribution >= 4 is 16.5 Å². The fourth-order valence-electron chi connectivity index (χ4n) is 3.56. The van der Waals surface area contributed by atoms with Crippen LogP contribution in [0.1, 0.15) is 22.6 Å². The minimum Gasteiger partial charge on any atom is -0.258 e. The van der Waals surface area contributed by atoms with Crippen LogP contribution in [0.4, 0.5) is 5.69 Å². The monoisotopic (exact) mass is 339 g/mol. The van der Waals surface area contributed by atoms with Gasteiger partial charge < -0.3 is 0 Å². The molecule has 4 aromatic carbocycles. The van der Waals surface area contributed by atoms with E-state index in [9.17, 15) is 10.1 Å². The topological polar surface area (TPSA) is 43.1 Å². The zero-order valence-electron chi connectivity index (χ0n) is 14.1. The fourth-order valence-corrected chi connectivity index (χ4v) is 3.56. The van der Waals surface area contributed by atoms with Gasteiger partial charge in [-0.2, -0.15) is 0 Å². The predicted molar refractivity (Wildman–Crippen MR) is 104 cm³/mol. The third-order valence-corrected chi connectivity index (χ3v) is 4.71. The maximum atomic E-state index is 11.4. The van der Waals surface area contributed by atoms with Crippen molar-refractivity contribution in [3.8, 4) is 0 Å². The van der Waals surface area contributed by atoms with Crippen LogP contribution < -0.4 is 0 Å². The van der Waals surface area contributed by atoms with Crippen molar-refractivity contribution in [2.24, 2.45) is 0 Å². The molecule has 0 fully saturated rings. The third-order valence-electron chi connectivity index (χ3n) is 4.71. The van der Waals surface area contributed by atoms with Gasteiger partial charge in [0.2, 0.25) is 0 Å². The Hall–Kier alpha value is -3.46. The normalized spacial score (nSPS) is 11.0. The van der Waals surface area contributed by atoms with Gasteiger partial charge in [-0.1, -0.05) is 84.9 Å². The molecule has 0 radical (unpaired) electrons. The summed E-state index contributed by atoms with van der Waals surface area (Å²) in [6.45, 7) is 0. The molecule has 0 aliphatic carbocycles. The van der Waals surface area contributed by atoms with Crippen LogP contribution in [-0.2, 0) is 0 Å². The molecule has 0 bridgehead atoms. The van der Waals surface area contributed by atoms with Crippen molar-refractivity contribution in [2.75, 3.05) is 0 Å². The lowest BCUT2D eigenvalue weighted by molar-refractivity contribution is -0.383. The molecule has 0 saturated carbocycles. The predicted octanol–water partition coefficient (Wildman–Crippen LogP) is 5.93. The van der Waals surface area contributed by atoms with Gasteiger partial charge in [-0.3, -0.25) is 10.1 Å². The number of hydrogen-bond acceptors (Lipinski definition) is 2. The number of rotatable bonds is 4. The molecule has 0 saturated heterocycles. The third kappa shape index (κ3) is 2.84. The second-order valence-electron chi connectivity index (χ2n) is 6.23. The van der Waals surface area contributed by atoms with Gasteiger partial charge in [-0.05, 0) is 28.1 Å². The Bertz CT molecular complexity index is 1020. The molecule has 126 valence electrons. The SMILES string of the molecule is O=[N+]([O-])c1ccc(C(c2ccccc2)c2ccccc2)c2ccccc12.